The molecule has 1 N–H and O–H groups in total. The van der Waals surface area contributed by atoms with Crippen LogP contribution in [0, 0.1) is 5.41 Å². The van der Waals surface area contributed by atoms with Gasteiger partial charge in [0.1, 0.15) is 5.82 Å². The normalized spacial score (nSPS) is 25.7. The Morgan fingerprint density at radius 2 is 1.90 bits per heavy atom. The fourth-order valence-corrected chi connectivity index (χ4v) is 5.50. The van der Waals surface area contributed by atoms with E-state index < -0.39 is 0 Å². The van der Waals surface area contributed by atoms with Crippen molar-refractivity contribution in [3.05, 3.63) is 47.5 Å². The number of rotatable bonds is 5. The largest absolute Gasteiger partial charge is 0.381 e. The quantitative estimate of drug-likeness (QED) is 0.843. The molecule has 1 unspecified atom stereocenters. The third-order valence-corrected chi connectivity index (χ3v) is 7.08. The van der Waals surface area contributed by atoms with E-state index in [1.165, 1.54) is 31.5 Å². The van der Waals surface area contributed by atoms with Gasteiger partial charge in [0.15, 0.2) is 5.82 Å². The maximum Gasteiger partial charge on any atom is 0.153 e. The van der Waals surface area contributed by atoms with Crippen LogP contribution in [0.2, 0.25) is 0 Å². The van der Waals surface area contributed by atoms with Crippen LogP contribution in [0.1, 0.15) is 55.7 Å². The van der Waals surface area contributed by atoms with Gasteiger partial charge in [-0.2, -0.15) is 5.10 Å². The van der Waals surface area contributed by atoms with Crippen molar-refractivity contribution in [3.8, 4) is 0 Å². The van der Waals surface area contributed by atoms with E-state index in [4.69, 9.17) is 9.72 Å². The van der Waals surface area contributed by atoms with Crippen LogP contribution in [-0.4, -0.2) is 70.4 Å². The summed E-state index contributed by atoms with van der Waals surface area (Å²) in [6.07, 6.45) is 2.35. The number of likely N-dealkylation sites (tertiary alicyclic amines) is 2. The summed E-state index contributed by atoms with van der Waals surface area (Å²) in [5.74, 6) is 2.83. The van der Waals surface area contributed by atoms with Crippen LogP contribution in [0.5, 0.6) is 0 Å². The second kappa shape index (κ2) is 7.82. The van der Waals surface area contributed by atoms with Gasteiger partial charge in [0, 0.05) is 69.2 Å². The minimum atomic E-state index is 0.293. The molecule has 1 atom stereocenters. The molecule has 6 heteroatoms. The third-order valence-electron chi connectivity index (χ3n) is 7.08. The first-order chi connectivity index (χ1) is 14.1. The molecule has 2 aromatic rings. The van der Waals surface area contributed by atoms with E-state index in [0.29, 0.717) is 23.3 Å². The Morgan fingerprint density at radius 3 is 2.59 bits per heavy atom. The van der Waals surface area contributed by atoms with Crippen molar-refractivity contribution in [1.29, 1.82) is 0 Å². The number of nitrogens with zero attached hydrogens (tertiary/aromatic N) is 4. The van der Waals surface area contributed by atoms with Crippen molar-refractivity contribution in [2.24, 2.45) is 5.41 Å². The Morgan fingerprint density at radius 1 is 1.14 bits per heavy atom. The highest BCUT2D eigenvalue weighted by molar-refractivity contribution is 5.20. The molecule has 3 aliphatic rings. The predicted octanol–water partition coefficient (Wildman–Crippen LogP) is 3.01. The topological polar surface area (TPSA) is 57.3 Å². The van der Waals surface area contributed by atoms with Crippen molar-refractivity contribution in [2.75, 3.05) is 39.4 Å². The van der Waals surface area contributed by atoms with Crippen LogP contribution in [0.25, 0.3) is 0 Å². The van der Waals surface area contributed by atoms with Gasteiger partial charge in [-0.1, -0.05) is 44.2 Å². The second-order valence-corrected chi connectivity index (χ2v) is 9.55. The molecule has 3 saturated heterocycles. The number of aromatic nitrogens is 3. The minimum Gasteiger partial charge on any atom is -0.381 e. The van der Waals surface area contributed by atoms with E-state index in [1.807, 2.05) is 0 Å². The molecule has 1 spiro atoms. The first-order valence-electron chi connectivity index (χ1n) is 11.1. The molecule has 29 heavy (non-hydrogen) atoms. The monoisotopic (exact) mass is 395 g/mol. The molecule has 4 heterocycles. The van der Waals surface area contributed by atoms with Gasteiger partial charge in [0.2, 0.25) is 0 Å². The summed E-state index contributed by atoms with van der Waals surface area (Å²) >= 11 is 0. The fraction of sp³-hybridized carbons (Fsp3) is 0.652. The molecule has 0 amide bonds. The highest BCUT2D eigenvalue weighted by Crippen LogP contribution is 2.50. The van der Waals surface area contributed by atoms with Crippen LogP contribution in [-0.2, 0) is 11.3 Å². The summed E-state index contributed by atoms with van der Waals surface area (Å²) in [7, 11) is 0. The highest BCUT2D eigenvalue weighted by atomic mass is 16.5. The average molecular weight is 396 g/mol. The SMILES string of the molecule is CC(C)c1n[nH]c(C2CN(Cc3ccccc3)CC23CN(C2CCOCC2)C3)n1. The molecule has 1 aromatic heterocycles. The summed E-state index contributed by atoms with van der Waals surface area (Å²) in [4.78, 5) is 10.2. The summed E-state index contributed by atoms with van der Waals surface area (Å²) in [5.41, 5.74) is 1.69. The molecule has 1 aromatic carbocycles. The second-order valence-electron chi connectivity index (χ2n) is 9.55. The molecule has 0 saturated carbocycles. The van der Waals surface area contributed by atoms with E-state index in [9.17, 15) is 0 Å². The molecule has 5 rings (SSSR count). The zero-order valence-electron chi connectivity index (χ0n) is 17.7. The number of nitrogens with one attached hydrogen (secondary N) is 1. The van der Waals surface area contributed by atoms with Crippen molar-refractivity contribution >= 4 is 0 Å². The molecule has 0 bridgehead atoms. The van der Waals surface area contributed by atoms with E-state index >= 15 is 0 Å². The first kappa shape index (κ1) is 19.2. The Bertz CT molecular complexity index is 808. The van der Waals surface area contributed by atoms with Gasteiger partial charge in [-0.15, -0.1) is 0 Å². The lowest BCUT2D eigenvalue weighted by Gasteiger charge is -2.54. The van der Waals surface area contributed by atoms with Crippen LogP contribution in [0.15, 0.2) is 30.3 Å². The standard InChI is InChI=1S/C23H33N5O/c1-17(2)21-24-22(26-25-21)20-13-27(12-18-6-4-3-5-7-18)14-23(20)15-28(16-23)19-8-10-29-11-9-19/h3-7,17,19-20H,8-16H2,1-2H3,(H,24,25,26). The van der Waals surface area contributed by atoms with Crippen LogP contribution < -0.4 is 0 Å². The molecule has 3 fully saturated rings. The predicted molar refractivity (Wildman–Crippen MR) is 113 cm³/mol. The molecular formula is C23H33N5O. The number of ether oxygens (including phenoxy) is 1. The Labute approximate surface area is 173 Å². The first-order valence-corrected chi connectivity index (χ1v) is 11.1. The number of H-pyrrole nitrogens is 1. The molecule has 3 aliphatic heterocycles. The van der Waals surface area contributed by atoms with Crippen molar-refractivity contribution in [3.63, 3.8) is 0 Å². The molecular weight excluding hydrogens is 362 g/mol. The van der Waals surface area contributed by atoms with Gasteiger partial charge < -0.3 is 4.74 Å². The summed E-state index contributed by atoms with van der Waals surface area (Å²) < 4.78 is 5.58. The van der Waals surface area contributed by atoms with Gasteiger partial charge in [-0.3, -0.25) is 14.9 Å². The lowest BCUT2D eigenvalue weighted by atomic mass is 9.70. The zero-order chi connectivity index (χ0) is 19.8. The van der Waals surface area contributed by atoms with Crippen molar-refractivity contribution in [1.82, 2.24) is 25.0 Å². The number of hydrogen-bond acceptors (Lipinski definition) is 5. The number of aromatic amines is 1. The maximum atomic E-state index is 5.58. The highest BCUT2D eigenvalue weighted by Gasteiger charge is 2.56. The van der Waals surface area contributed by atoms with Gasteiger partial charge >= 0.3 is 0 Å². The smallest absolute Gasteiger partial charge is 0.153 e. The van der Waals surface area contributed by atoms with Crippen molar-refractivity contribution in [2.45, 2.75) is 51.1 Å². The van der Waals surface area contributed by atoms with E-state index in [1.54, 1.807) is 0 Å². The molecule has 6 nitrogen and oxygen atoms in total. The van der Waals surface area contributed by atoms with Crippen molar-refractivity contribution < 1.29 is 4.74 Å². The average Bonchev–Trinajstić information content (AvgIpc) is 3.33. The van der Waals surface area contributed by atoms with E-state index in [0.717, 1.165) is 44.5 Å². The number of benzene rings is 1. The van der Waals surface area contributed by atoms with Crippen LogP contribution >= 0.6 is 0 Å². The van der Waals surface area contributed by atoms with Gasteiger partial charge in [-0.05, 0) is 18.4 Å². The molecule has 0 aliphatic carbocycles. The van der Waals surface area contributed by atoms with Gasteiger partial charge in [-0.25, -0.2) is 4.98 Å². The van der Waals surface area contributed by atoms with E-state index in [2.05, 4.69) is 64.2 Å². The fourth-order valence-electron chi connectivity index (χ4n) is 5.50. The Hall–Kier alpha value is -1.76. The lowest BCUT2D eigenvalue weighted by molar-refractivity contribution is -0.0670. The lowest BCUT2D eigenvalue weighted by Crippen LogP contribution is -2.63. The minimum absolute atomic E-state index is 0.293. The zero-order valence-corrected chi connectivity index (χ0v) is 17.7. The van der Waals surface area contributed by atoms with E-state index in [-0.39, 0.29) is 0 Å². The Balaban J connectivity index is 1.34. The molecule has 156 valence electrons. The third kappa shape index (κ3) is 3.74. The number of hydrogen-bond donors (Lipinski definition) is 1. The summed E-state index contributed by atoms with van der Waals surface area (Å²) in [5, 5.41) is 7.82. The summed E-state index contributed by atoms with van der Waals surface area (Å²) in [6, 6.07) is 11.5. The van der Waals surface area contributed by atoms with Gasteiger partial charge in [0.05, 0.1) is 0 Å². The maximum absolute atomic E-state index is 5.58. The van der Waals surface area contributed by atoms with Crippen LogP contribution in [0.4, 0.5) is 0 Å². The molecule has 0 radical (unpaired) electrons. The Kier molecular flexibility index (Phi) is 5.18. The van der Waals surface area contributed by atoms with Crippen LogP contribution in [0.3, 0.4) is 0 Å². The van der Waals surface area contributed by atoms with Gasteiger partial charge in [0.25, 0.3) is 0 Å². The summed E-state index contributed by atoms with van der Waals surface area (Å²) in [6.45, 7) is 11.7.